The molecule has 1 atom stereocenters. The third-order valence-electron chi connectivity index (χ3n) is 4.01. The van der Waals surface area contributed by atoms with Gasteiger partial charge in [0.05, 0.1) is 12.5 Å². The van der Waals surface area contributed by atoms with Gasteiger partial charge in [0, 0.05) is 39.9 Å². The highest BCUT2D eigenvalue weighted by Crippen LogP contribution is 2.20. The first-order chi connectivity index (χ1) is 10.5. The topological polar surface area (TPSA) is 49.9 Å². The van der Waals surface area contributed by atoms with Gasteiger partial charge >= 0.3 is 0 Å². The monoisotopic (exact) mass is 304 g/mol. The molecule has 120 valence electrons. The smallest absolute Gasteiger partial charge is 0.253 e. The largest absolute Gasteiger partial charge is 0.380 e. The second-order valence-corrected chi connectivity index (χ2v) is 5.95. The first-order valence-corrected chi connectivity index (χ1v) is 7.61. The van der Waals surface area contributed by atoms with Crippen molar-refractivity contribution in [2.45, 2.75) is 19.4 Å². The Hall–Kier alpha value is -1.88. The van der Waals surface area contributed by atoms with E-state index < -0.39 is 0 Å². The van der Waals surface area contributed by atoms with E-state index in [1.54, 1.807) is 31.0 Å². The second-order valence-electron chi connectivity index (χ2n) is 5.95. The number of carbonyl (C=O) groups excluding carboxylic acids is 2. The van der Waals surface area contributed by atoms with Crippen molar-refractivity contribution in [3.63, 3.8) is 0 Å². The van der Waals surface area contributed by atoms with Gasteiger partial charge in [0.1, 0.15) is 0 Å². The number of hydrogen-bond donors (Lipinski definition) is 0. The lowest BCUT2D eigenvalue weighted by Crippen LogP contribution is -2.45. The quantitative estimate of drug-likeness (QED) is 0.852. The number of likely N-dealkylation sites (tertiary alicyclic amines) is 1. The number of amides is 2. The van der Waals surface area contributed by atoms with Crippen LogP contribution >= 0.6 is 0 Å². The van der Waals surface area contributed by atoms with Gasteiger partial charge in [-0.3, -0.25) is 9.59 Å². The highest BCUT2D eigenvalue weighted by molar-refractivity contribution is 5.94. The Labute approximate surface area is 131 Å². The molecule has 0 radical (unpaired) electrons. The third-order valence-corrected chi connectivity index (χ3v) is 4.01. The molecule has 1 heterocycles. The highest BCUT2D eigenvalue weighted by Gasteiger charge is 2.29. The van der Waals surface area contributed by atoms with Gasteiger partial charge in [-0.15, -0.1) is 0 Å². The van der Waals surface area contributed by atoms with E-state index in [0.29, 0.717) is 18.7 Å². The van der Waals surface area contributed by atoms with Gasteiger partial charge in [0.25, 0.3) is 5.91 Å². The summed E-state index contributed by atoms with van der Waals surface area (Å²) >= 11 is 0. The van der Waals surface area contributed by atoms with Gasteiger partial charge in [0.15, 0.2) is 0 Å². The van der Waals surface area contributed by atoms with Gasteiger partial charge in [-0.05, 0) is 30.5 Å². The van der Waals surface area contributed by atoms with Gasteiger partial charge in [0.2, 0.25) is 5.91 Å². The highest BCUT2D eigenvalue weighted by atomic mass is 16.5. The van der Waals surface area contributed by atoms with Crippen molar-refractivity contribution in [3.05, 3.63) is 35.4 Å². The molecular weight excluding hydrogens is 280 g/mol. The Morgan fingerprint density at radius 1 is 1.27 bits per heavy atom. The van der Waals surface area contributed by atoms with E-state index in [-0.39, 0.29) is 17.7 Å². The van der Waals surface area contributed by atoms with E-state index in [4.69, 9.17) is 4.74 Å². The van der Waals surface area contributed by atoms with Crippen LogP contribution in [0.1, 0.15) is 28.8 Å². The van der Waals surface area contributed by atoms with Crippen LogP contribution in [0.15, 0.2) is 24.3 Å². The number of carbonyl (C=O) groups is 2. The molecule has 1 unspecified atom stereocenters. The molecule has 2 amide bonds. The van der Waals surface area contributed by atoms with Crippen LogP contribution in [-0.2, 0) is 16.1 Å². The number of piperidine rings is 1. The average molecular weight is 304 g/mol. The van der Waals surface area contributed by atoms with Gasteiger partial charge in [-0.2, -0.15) is 0 Å². The molecule has 0 aliphatic carbocycles. The summed E-state index contributed by atoms with van der Waals surface area (Å²) in [6.07, 6.45) is 1.73. The minimum Gasteiger partial charge on any atom is -0.380 e. The molecule has 1 aliphatic rings. The first-order valence-electron chi connectivity index (χ1n) is 7.61. The minimum absolute atomic E-state index is 0.000206. The van der Waals surface area contributed by atoms with Crippen LogP contribution in [0.3, 0.4) is 0 Å². The summed E-state index contributed by atoms with van der Waals surface area (Å²) in [5.74, 6) is 0.0219. The molecule has 0 N–H and O–H groups in total. The molecule has 1 fully saturated rings. The third kappa shape index (κ3) is 3.85. The lowest BCUT2D eigenvalue weighted by atomic mass is 9.96. The molecule has 1 aromatic carbocycles. The summed E-state index contributed by atoms with van der Waals surface area (Å²) < 4.78 is 5.07. The summed E-state index contributed by atoms with van der Waals surface area (Å²) in [5, 5.41) is 0. The fourth-order valence-corrected chi connectivity index (χ4v) is 2.82. The lowest BCUT2D eigenvalue weighted by molar-refractivity contribution is -0.134. The van der Waals surface area contributed by atoms with Crippen molar-refractivity contribution in [1.82, 2.24) is 9.80 Å². The number of rotatable bonds is 4. The van der Waals surface area contributed by atoms with E-state index in [0.717, 1.165) is 24.9 Å². The molecule has 1 aliphatic heterocycles. The fourth-order valence-electron chi connectivity index (χ4n) is 2.82. The molecule has 1 aromatic rings. The fraction of sp³-hybridized carbons (Fsp3) is 0.529. The van der Waals surface area contributed by atoms with Crippen LogP contribution in [0.5, 0.6) is 0 Å². The zero-order valence-electron chi connectivity index (χ0n) is 13.5. The van der Waals surface area contributed by atoms with Gasteiger partial charge in [-0.1, -0.05) is 12.1 Å². The SMILES string of the molecule is COCc1ccc(C(=O)N2CCCC(C(=O)N(C)C)C2)cc1. The van der Waals surface area contributed by atoms with Crippen LogP contribution in [0.25, 0.3) is 0 Å². The minimum atomic E-state index is -0.0829. The Kier molecular flexibility index (Phi) is 5.55. The van der Waals surface area contributed by atoms with Crippen LogP contribution < -0.4 is 0 Å². The number of ether oxygens (including phenoxy) is 1. The molecule has 2 rings (SSSR count). The number of methoxy groups -OCH3 is 1. The van der Waals surface area contributed by atoms with Gasteiger partial charge in [-0.25, -0.2) is 0 Å². The molecule has 0 bridgehead atoms. The molecule has 0 spiro atoms. The predicted molar refractivity (Wildman–Crippen MR) is 84.5 cm³/mol. The van der Waals surface area contributed by atoms with Crippen LogP contribution in [-0.4, -0.2) is 55.9 Å². The molecular formula is C17H24N2O3. The zero-order chi connectivity index (χ0) is 16.1. The van der Waals surface area contributed by atoms with Crippen molar-refractivity contribution < 1.29 is 14.3 Å². The number of hydrogen-bond acceptors (Lipinski definition) is 3. The number of nitrogens with zero attached hydrogens (tertiary/aromatic N) is 2. The Morgan fingerprint density at radius 3 is 2.55 bits per heavy atom. The van der Waals surface area contributed by atoms with Crippen molar-refractivity contribution in [1.29, 1.82) is 0 Å². The Bertz CT molecular complexity index is 525. The van der Waals surface area contributed by atoms with Crippen molar-refractivity contribution >= 4 is 11.8 Å². The molecule has 0 saturated carbocycles. The summed E-state index contributed by atoms with van der Waals surface area (Å²) in [7, 11) is 5.17. The molecule has 1 saturated heterocycles. The summed E-state index contributed by atoms with van der Waals surface area (Å²) in [5.41, 5.74) is 1.70. The maximum Gasteiger partial charge on any atom is 0.253 e. The normalized spacial score (nSPS) is 18.1. The molecule has 5 heteroatoms. The Morgan fingerprint density at radius 2 is 1.95 bits per heavy atom. The maximum atomic E-state index is 12.6. The van der Waals surface area contributed by atoms with Crippen LogP contribution in [0.2, 0.25) is 0 Å². The first kappa shape index (κ1) is 16.5. The lowest BCUT2D eigenvalue weighted by Gasteiger charge is -2.33. The zero-order valence-corrected chi connectivity index (χ0v) is 13.5. The molecule has 5 nitrogen and oxygen atoms in total. The standard InChI is InChI=1S/C17H24N2O3/c1-18(2)16(20)15-5-4-10-19(11-15)17(21)14-8-6-13(7-9-14)12-22-3/h6-9,15H,4-5,10-12H2,1-3H3. The van der Waals surface area contributed by atoms with Crippen molar-refractivity contribution in [3.8, 4) is 0 Å². The van der Waals surface area contributed by atoms with Crippen LogP contribution in [0.4, 0.5) is 0 Å². The number of benzene rings is 1. The van der Waals surface area contributed by atoms with E-state index in [1.165, 1.54) is 0 Å². The van der Waals surface area contributed by atoms with E-state index in [2.05, 4.69) is 0 Å². The molecule has 22 heavy (non-hydrogen) atoms. The second kappa shape index (κ2) is 7.40. The maximum absolute atomic E-state index is 12.6. The summed E-state index contributed by atoms with van der Waals surface area (Å²) in [6.45, 7) is 1.77. The molecule has 0 aromatic heterocycles. The van der Waals surface area contributed by atoms with E-state index in [9.17, 15) is 9.59 Å². The summed E-state index contributed by atoms with van der Waals surface area (Å²) in [6, 6.07) is 7.47. The van der Waals surface area contributed by atoms with Gasteiger partial charge < -0.3 is 14.5 Å². The summed E-state index contributed by atoms with van der Waals surface area (Å²) in [4.78, 5) is 28.1. The van der Waals surface area contributed by atoms with Crippen molar-refractivity contribution in [2.75, 3.05) is 34.3 Å². The Balaban J connectivity index is 2.03. The van der Waals surface area contributed by atoms with E-state index in [1.807, 2.05) is 24.3 Å². The van der Waals surface area contributed by atoms with E-state index >= 15 is 0 Å². The van der Waals surface area contributed by atoms with Crippen LogP contribution in [0, 0.1) is 5.92 Å². The predicted octanol–water partition coefficient (Wildman–Crippen LogP) is 1.77. The average Bonchev–Trinajstić information content (AvgIpc) is 2.54. The van der Waals surface area contributed by atoms with Crippen molar-refractivity contribution in [2.24, 2.45) is 5.92 Å².